The number of thioether (sulfide) groups is 1. The molecule has 2 aromatic carbocycles. The Bertz CT molecular complexity index is 744. The van der Waals surface area contributed by atoms with E-state index >= 15 is 0 Å². The monoisotopic (exact) mass is 301 g/mol. The average molecular weight is 302 g/mol. The second-order valence-electron chi connectivity index (χ2n) is 4.21. The molecule has 3 aromatic rings. The highest BCUT2D eigenvalue weighted by atomic mass is 35.5. The van der Waals surface area contributed by atoms with Crippen LogP contribution in [-0.4, -0.2) is 16.2 Å². The first kappa shape index (κ1) is 13.2. The molecule has 0 saturated carbocycles. The molecule has 1 N–H and O–H groups in total. The highest BCUT2D eigenvalue weighted by Crippen LogP contribution is 2.26. The van der Waals surface area contributed by atoms with Gasteiger partial charge in [-0.15, -0.1) is 11.8 Å². The summed E-state index contributed by atoms with van der Waals surface area (Å²) in [6, 6.07) is 15.5. The van der Waals surface area contributed by atoms with Gasteiger partial charge in [0.15, 0.2) is 0 Å². The fourth-order valence-corrected chi connectivity index (χ4v) is 2.62. The summed E-state index contributed by atoms with van der Waals surface area (Å²) in [5.41, 5.74) is 1.85. The molecule has 0 unspecified atom stereocenters. The first-order chi connectivity index (χ1) is 9.76. The minimum atomic E-state index is 0.593. The second kappa shape index (κ2) is 5.69. The van der Waals surface area contributed by atoms with Gasteiger partial charge < -0.3 is 5.32 Å². The van der Waals surface area contributed by atoms with Crippen molar-refractivity contribution < 1.29 is 0 Å². The lowest BCUT2D eigenvalue weighted by Crippen LogP contribution is -1.98. The van der Waals surface area contributed by atoms with Crippen molar-refractivity contribution >= 4 is 45.9 Å². The van der Waals surface area contributed by atoms with Crippen LogP contribution in [-0.2, 0) is 0 Å². The quantitative estimate of drug-likeness (QED) is 0.559. The van der Waals surface area contributed by atoms with Crippen molar-refractivity contribution in [2.75, 3.05) is 11.6 Å². The van der Waals surface area contributed by atoms with E-state index in [1.54, 1.807) is 11.8 Å². The molecular formula is C15H12ClN3S. The van der Waals surface area contributed by atoms with E-state index in [2.05, 4.69) is 15.3 Å². The van der Waals surface area contributed by atoms with Crippen LogP contribution in [0.3, 0.4) is 0 Å². The van der Waals surface area contributed by atoms with Gasteiger partial charge in [0.05, 0.1) is 5.52 Å². The minimum Gasteiger partial charge on any atom is -0.324 e. The van der Waals surface area contributed by atoms with Crippen LogP contribution in [0.25, 0.3) is 10.9 Å². The number of aromatic nitrogens is 2. The standard InChI is InChI=1S/C15H12ClN3S/c1-20-14-12-4-2-3-5-13(12)18-15(19-14)17-11-8-6-10(16)7-9-11/h2-9H,1H3,(H,17,18,19). The smallest absolute Gasteiger partial charge is 0.228 e. The molecule has 20 heavy (non-hydrogen) atoms. The number of hydrogen-bond donors (Lipinski definition) is 1. The van der Waals surface area contributed by atoms with Gasteiger partial charge in [0.2, 0.25) is 5.95 Å². The van der Waals surface area contributed by atoms with Crippen molar-refractivity contribution in [1.29, 1.82) is 0 Å². The van der Waals surface area contributed by atoms with Crippen molar-refractivity contribution in [3.63, 3.8) is 0 Å². The number of anilines is 2. The number of halogens is 1. The van der Waals surface area contributed by atoms with E-state index in [0.29, 0.717) is 11.0 Å². The zero-order valence-corrected chi connectivity index (χ0v) is 12.4. The summed E-state index contributed by atoms with van der Waals surface area (Å²) < 4.78 is 0. The van der Waals surface area contributed by atoms with Crippen LogP contribution in [0.15, 0.2) is 53.6 Å². The zero-order chi connectivity index (χ0) is 13.9. The predicted molar refractivity (Wildman–Crippen MR) is 86.1 cm³/mol. The van der Waals surface area contributed by atoms with E-state index < -0.39 is 0 Å². The Balaban J connectivity index is 2.01. The third kappa shape index (κ3) is 2.71. The van der Waals surface area contributed by atoms with Gasteiger partial charge in [-0.05, 0) is 36.6 Å². The van der Waals surface area contributed by atoms with Crippen molar-refractivity contribution in [2.45, 2.75) is 5.03 Å². The fraction of sp³-hybridized carbons (Fsp3) is 0.0667. The summed E-state index contributed by atoms with van der Waals surface area (Å²) in [4.78, 5) is 9.08. The maximum atomic E-state index is 5.88. The van der Waals surface area contributed by atoms with Gasteiger partial charge in [-0.1, -0.05) is 29.8 Å². The molecule has 0 spiro atoms. The number of nitrogens with one attached hydrogen (secondary N) is 1. The molecule has 0 saturated heterocycles. The van der Waals surface area contributed by atoms with Crippen LogP contribution in [0.4, 0.5) is 11.6 Å². The number of fused-ring (bicyclic) bond motifs is 1. The summed E-state index contributed by atoms with van der Waals surface area (Å²) in [6.07, 6.45) is 2.01. The third-order valence-electron chi connectivity index (χ3n) is 2.86. The molecule has 100 valence electrons. The zero-order valence-electron chi connectivity index (χ0n) is 10.8. The maximum Gasteiger partial charge on any atom is 0.228 e. The lowest BCUT2D eigenvalue weighted by Gasteiger charge is -2.08. The predicted octanol–water partition coefficient (Wildman–Crippen LogP) is 4.75. The Labute approximate surface area is 126 Å². The first-order valence-corrected chi connectivity index (χ1v) is 7.70. The molecule has 3 rings (SSSR count). The van der Waals surface area contributed by atoms with Crippen LogP contribution in [0.1, 0.15) is 0 Å². The van der Waals surface area contributed by atoms with Crippen LogP contribution < -0.4 is 5.32 Å². The van der Waals surface area contributed by atoms with E-state index in [1.165, 1.54) is 0 Å². The SMILES string of the molecule is CSc1nc(Nc2ccc(Cl)cc2)nc2ccccc12. The third-order valence-corrected chi connectivity index (χ3v) is 3.81. The highest BCUT2D eigenvalue weighted by Gasteiger charge is 2.06. The Morgan fingerprint density at radius 2 is 1.75 bits per heavy atom. The Morgan fingerprint density at radius 3 is 2.50 bits per heavy atom. The number of hydrogen-bond acceptors (Lipinski definition) is 4. The molecule has 0 bridgehead atoms. The van der Waals surface area contributed by atoms with Crippen LogP contribution >= 0.6 is 23.4 Å². The Morgan fingerprint density at radius 1 is 1.00 bits per heavy atom. The average Bonchev–Trinajstić information content (AvgIpc) is 2.49. The van der Waals surface area contributed by atoms with Gasteiger partial charge in [0, 0.05) is 16.1 Å². The number of nitrogens with zero attached hydrogens (tertiary/aromatic N) is 2. The van der Waals surface area contributed by atoms with Crippen molar-refractivity contribution in [3.8, 4) is 0 Å². The van der Waals surface area contributed by atoms with E-state index in [1.807, 2.05) is 54.8 Å². The second-order valence-corrected chi connectivity index (χ2v) is 5.44. The van der Waals surface area contributed by atoms with Gasteiger partial charge in [-0.2, -0.15) is 0 Å². The van der Waals surface area contributed by atoms with Crippen molar-refractivity contribution in [3.05, 3.63) is 53.6 Å². The molecule has 1 aromatic heterocycles. The lowest BCUT2D eigenvalue weighted by atomic mass is 10.2. The van der Waals surface area contributed by atoms with Gasteiger partial charge in [-0.25, -0.2) is 9.97 Å². The van der Waals surface area contributed by atoms with Gasteiger partial charge in [0.1, 0.15) is 5.03 Å². The highest BCUT2D eigenvalue weighted by molar-refractivity contribution is 7.98. The summed E-state index contributed by atoms with van der Waals surface area (Å²) in [6.45, 7) is 0. The largest absolute Gasteiger partial charge is 0.324 e. The molecule has 0 aliphatic rings. The summed E-state index contributed by atoms with van der Waals surface area (Å²) in [5.74, 6) is 0.593. The van der Waals surface area contributed by atoms with E-state index in [-0.39, 0.29) is 0 Å². The number of rotatable bonds is 3. The summed E-state index contributed by atoms with van der Waals surface area (Å²) in [5, 5.41) is 5.95. The van der Waals surface area contributed by atoms with E-state index in [4.69, 9.17) is 11.6 Å². The fourth-order valence-electron chi connectivity index (χ4n) is 1.92. The van der Waals surface area contributed by atoms with Crippen LogP contribution in [0, 0.1) is 0 Å². The van der Waals surface area contributed by atoms with E-state index in [0.717, 1.165) is 21.6 Å². The molecular weight excluding hydrogens is 290 g/mol. The van der Waals surface area contributed by atoms with Gasteiger partial charge in [-0.3, -0.25) is 0 Å². The molecule has 0 aliphatic carbocycles. The molecule has 0 radical (unpaired) electrons. The first-order valence-electron chi connectivity index (χ1n) is 6.09. The van der Waals surface area contributed by atoms with Crippen LogP contribution in [0.2, 0.25) is 5.02 Å². The molecule has 0 atom stereocenters. The molecule has 0 fully saturated rings. The maximum absolute atomic E-state index is 5.88. The van der Waals surface area contributed by atoms with Crippen LogP contribution in [0.5, 0.6) is 0 Å². The topological polar surface area (TPSA) is 37.8 Å². The summed E-state index contributed by atoms with van der Waals surface area (Å²) in [7, 11) is 0. The minimum absolute atomic E-state index is 0.593. The van der Waals surface area contributed by atoms with Crippen molar-refractivity contribution in [1.82, 2.24) is 9.97 Å². The van der Waals surface area contributed by atoms with Crippen molar-refractivity contribution in [2.24, 2.45) is 0 Å². The normalized spacial score (nSPS) is 10.7. The van der Waals surface area contributed by atoms with Gasteiger partial charge in [0.25, 0.3) is 0 Å². The summed E-state index contributed by atoms with van der Waals surface area (Å²) >= 11 is 7.49. The molecule has 1 heterocycles. The Hall–Kier alpha value is -1.78. The van der Waals surface area contributed by atoms with E-state index in [9.17, 15) is 0 Å². The molecule has 0 aliphatic heterocycles. The molecule has 5 heteroatoms. The lowest BCUT2D eigenvalue weighted by molar-refractivity contribution is 1.11. The molecule has 0 amide bonds. The number of para-hydroxylation sites is 1. The number of benzene rings is 2. The molecule has 3 nitrogen and oxygen atoms in total. The Kier molecular flexibility index (Phi) is 3.76. The van der Waals surface area contributed by atoms with Gasteiger partial charge >= 0.3 is 0 Å².